The fraction of sp³-hybridized carbons (Fsp3) is 0.548. The number of nitrogens with one attached hydrogen (secondary N) is 1. The Morgan fingerprint density at radius 2 is 1.95 bits per heavy atom. The second-order valence-electron chi connectivity index (χ2n) is 11.7. The van der Waals surface area contributed by atoms with E-state index in [2.05, 4.69) is 64.0 Å². The highest BCUT2D eigenvalue weighted by Crippen LogP contribution is 2.37. The van der Waals surface area contributed by atoms with Gasteiger partial charge in [-0.2, -0.15) is 10.2 Å². The molecule has 0 saturated carbocycles. The molecule has 1 aromatic carbocycles. The zero-order valence-electron chi connectivity index (χ0n) is 23.6. The Morgan fingerprint density at radius 3 is 2.75 bits per heavy atom. The molecule has 2 saturated heterocycles. The monoisotopic (exact) mass is 540 g/mol. The Hall–Kier alpha value is -3.64. The lowest BCUT2D eigenvalue weighted by Gasteiger charge is -2.42. The number of benzene rings is 1. The van der Waals surface area contributed by atoms with E-state index in [1.807, 2.05) is 0 Å². The van der Waals surface area contributed by atoms with Gasteiger partial charge in [-0.05, 0) is 69.9 Å². The van der Waals surface area contributed by atoms with Crippen LogP contribution in [0.4, 0.5) is 17.5 Å². The van der Waals surface area contributed by atoms with Crippen LogP contribution in [-0.2, 0) is 24.1 Å². The van der Waals surface area contributed by atoms with E-state index in [4.69, 9.17) is 9.97 Å². The molecule has 2 aromatic rings. The lowest BCUT2D eigenvalue weighted by atomic mass is 9.90. The first-order chi connectivity index (χ1) is 19.5. The van der Waals surface area contributed by atoms with Crippen LogP contribution in [0.1, 0.15) is 42.5 Å². The molecular formula is C31H40N8O. The summed E-state index contributed by atoms with van der Waals surface area (Å²) in [6.45, 7) is 8.70. The van der Waals surface area contributed by atoms with E-state index >= 15 is 0 Å². The molecule has 2 fully saturated rings. The van der Waals surface area contributed by atoms with Gasteiger partial charge in [0.05, 0.1) is 24.2 Å². The van der Waals surface area contributed by atoms with Crippen molar-refractivity contribution < 1.29 is 4.79 Å². The number of carbonyl (C=O) groups is 1. The van der Waals surface area contributed by atoms with Crippen LogP contribution in [-0.4, -0.2) is 90.1 Å². The summed E-state index contributed by atoms with van der Waals surface area (Å²) in [6, 6.07) is 11.7. The minimum absolute atomic E-state index is 0.108. The van der Waals surface area contributed by atoms with Crippen LogP contribution in [0.25, 0.3) is 0 Å². The number of amides is 1. The maximum Gasteiger partial charge on any atom is 0.246 e. The molecule has 40 heavy (non-hydrogen) atoms. The zero-order valence-corrected chi connectivity index (χ0v) is 23.6. The van der Waals surface area contributed by atoms with E-state index in [9.17, 15) is 10.1 Å². The Bertz CT molecular complexity index is 1300. The van der Waals surface area contributed by atoms with Crippen LogP contribution >= 0.6 is 0 Å². The molecule has 2 atom stereocenters. The highest BCUT2D eigenvalue weighted by Gasteiger charge is 2.35. The summed E-state index contributed by atoms with van der Waals surface area (Å²) in [7, 11) is 2.18. The molecule has 9 heteroatoms. The highest BCUT2D eigenvalue weighted by atomic mass is 16.2. The van der Waals surface area contributed by atoms with Crippen LogP contribution in [0.2, 0.25) is 0 Å². The second-order valence-corrected chi connectivity index (χ2v) is 11.7. The number of para-hydroxylation sites is 1. The normalized spacial score (nSPS) is 23.4. The number of likely N-dealkylation sites (tertiary alicyclic amines) is 1. The Labute approximate surface area is 237 Å². The average molecular weight is 541 g/mol. The molecule has 4 aliphatic rings. The quantitative estimate of drug-likeness (QED) is 0.560. The van der Waals surface area contributed by atoms with E-state index in [0.29, 0.717) is 44.1 Å². The predicted molar refractivity (Wildman–Crippen MR) is 158 cm³/mol. The van der Waals surface area contributed by atoms with Gasteiger partial charge < -0.3 is 24.9 Å². The number of nitrogens with zero attached hydrogens (tertiary/aromatic N) is 7. The summed E-state index contributed by atoms with van der Waals surface area (Å²) in [5.41, 5.74) is 5.19. The van der Waals surface area contributed by atoms with E-state index in [1.165, 1.54) is 22.9 Å². The van der Waals surface area contributed by atoms with Gasteiger partial charge in [-0.3, -0.25) is 4.79 Å². The summed E-state index contributed by atoms with van der Waals surface area (Å²) >= 11 is 0. The zero-order chi connectivity index (χ0) is 27.6. The van der Waals surface area contributed by atoms with Crippen molar-refractivity contribution in [3.05, 3.63) is 53.7 Å². The molecule has 9 nitrogen and oxygen atoms in total. The van der Waals surface area contributed by atoms with Gasteiger partial charge in [-0.1, -0.05) is 24.8 Å². The van der Waals surface area contributed by atoms with Gasteiger partial charge in [-0.25, -0.2) is 4.98 Å². The van der Waals surface area contributed by atoms with Crippen LogP contribution < -0.4 is 15.1 Å². The maximum atomic E-state index is 12.5. The number of carbonyl (C=O) groups excluding carboxylic acids is 1. The van der Waals surface area contributed by atoms with Crippen molar-refractivity contribution in [3.63, 3.8) is 0 Å². The van der Waals surface area contributed by atoms with E-state index in [-0.39, 0.29) is 11.9 Å². The van der Waals surface area contributed by atoms with Gasteiger partial charge in [0.25, 0.3) is 0 Å². The van der Waals surface area contributed by atoms with E-state index in [0.717, 1.165) is 69.7 Å². The highest BCUT2D eigenvalue weighted by molar-refractivity contribution is 5.87. The van der Waals surface area contributed by atoms with Crippen LogP contribution in [0.15, 0.2) is 36.9 Å². The number of hydrogen-bond donors (Lipinski definition) is 1. The first kappa shape index (κ1) is 26.6. The standard InChI is InChI=1S/C31H40N8O/c1-3-29(40)39-19-18-37(21-25(39)10-14-32)30-26-9-8-24(38-17-11-22-6-4-5-7-28(22)38)20-27(26)34-31(35-30)33-23-12-15-36(2)16-13-23/h3-7,23-25H,1,8-13,15-21H2,2H3,(H,33,34,35). The van der Waals surface area contributed by atoms with Crippen molar-refractivity contribution in [2.45, 2.75) is 63.1 Å². The molecule has 3 aliphatic heterocycles. The summed E-state index contributed by atoms with van der Waals surface area (Å²) in [5, 5.41) is 13.2. The first-order valence-corrected chi connectivity index (χ1v) is 14.8. The van der Waals surface area contributed by atoms with E-state index in [1.54, 1.807) is 4.90 Å². The smallest absolute Gasteiger partial charge is 0.246 e. The van der Waals surface area contributed by atoms with Crippen molar-refractivity contribution in [2.24, 2.45) is 0 Å². The molecule has 0 radical (unpaired) electrons. The van der Waals surface area contributed by atoms with Gasteiger partial charge in [0.2, 0.25) is 11.9 Å². The number of hydrogen-bond acceptors (Lipinski definition) is 8. The number of rotatable bonds is 6. The van der Waals surface area contributed by atoms with Gasteiger partial charge in [0.1, 0.15) is 5.82 Å². The fourth-order valence-electron chi connectivity index (χ4n) is 6.98. The maximum absolute atomic E-state index is 12.5. The molecule has 1 aromatic heterocycles. The minimum Gasteiger partial charge on any atom is -0.368 e. The molecule has 2 unspecified atom stereocenters. The average Bonchev–Trinajstić information content (AvgIpc) is 3.42. The molecule has 0 spiro atoms. The van der Waals surface area contributed by atoms with Gasteiger partial charge in [0.15, 0.2) is 0 Å². The van der Waals surface area contributed by atoms with Crippen molar-refractivity contribution in [1.82, 2.24) is 19.8 Å². The summed E-state index contributed by atoms with van der Waals surface area (Å²) in [6.07, 6.45) is 7.79. The molecule has 1 amide bonds. The largest absolute Gasteiger partial charge is 0.368 e. The van der Waals surface area contributed by atoms with Crippen molar-refractivity contribution >= 4 is 23.4 Å². The number of aromatic nitrogens is 2. The second kappa shape index (κ2) is 11.5. The number of piperidine rings is 1. The summed E-state index contributed by atoms with van der Waals surface area (Å²) in [5.74, 6) is 1.59. The minimum atomic E-state index is -0.183. The van der Waals surface area contributed by atoms with Gasteiger partial charge in [0, 0.05) is 55.9 Å². The Balaban J connectivity index is 1.30. The molecule has 0 bridgehead atoms. The van der Waals surface area contributed by atoms with Crippen LogP contribution in [0, 0.1) is 11.3 Å². The van der Waals surface area contributed by atoms with Gasteiger partial charge in [-0.15, -0.1) is 0 Å². The lowest BCUT2D eigenvalue weighted by molar-refractivity contribution is -0.128. The molecule has 4 heterocycles. The molecule has 1 N–H and O–H groups in total. The third-order valence-corrected chi connectivity index (χ3v) is 9.21. The first-order valence-electron chi connectivity index (χ1n) is 14.8. The molecular weight excluding hydrogens is 500 g/mol. The SMILES string of the molecule is C=CC(=O)N1CCN(c2nc(NC3CCN(C)CC3)nc3c2CCC(N2CCc4ccccc42)C3)CC1CC#N. The van der Waals surface area contributed by atoms with E-state index < -0.39 is 0 Å². The van der Waals surface area contributed by atoms with Crippen molar-refractivity contribution in [3.8, 4) is 6.07 Å². The molecule has 210 valence electrons. The third kappa shape index (κ3) is 5.25. The number of nitriles is 1. The fourth-order valence-corrected chi connectivity index (χ4v) is 6.98. The summed E-state index contributed by atoms with van der Waals surface area (Å²) < 4.78 is 0. The van der Waals surface area contributed by atoms with Crippen molar-refractivity contribution in [2.75, 3.05) is 61.4 Å². The van der Waals surface area contributed by atoms with Crippen LogP contribution in [0.5, 0.6) is 0 Å². The van der Waals surface area contributed by atoms with Crippen LogP contribution in [0.3, 0.4) is 0 Å². The lowest BCUT2D eigenvalue weighted by Crippen LogP contribution is -2.55. The molecule has 1 aliphatic carbocycles. The number of piperazine rings is 1. The summed E-state index contributed by atoms with van der Waals surface area (Å²) in [4.78, 5) is 31.8. The Kier molecular flexibility index (Phi) is 7.61. The predicted octanol–water partition coefficient (Wildman–Crippen LogP) is 3.02. The Morgan fingerprint density at radius 1 is 1.12 bits per heavy atom. The third-order valence-electron chi connectivity index (χ3n) is 9.21. The molecule has 6 rings (SSSR count). The van der Waals surface area contributed by atoms with Crippen molar-refractivity contribution in [1.29, 1.82) is 5.26 Å². The van der Waals surface area contributed by atoms with Gasteiger partial charge >= 0.3 is 0 Å². The number of anilines is 3. The number of fused-ring (bicyclic) bond motifs is 2. The topological polar surface area (TPSA) is 91.6 Å².